The molecule has 1 heterocycles. The Hall–Kier alpha value is -2.00. The Morgan fingerprint density at radius 2 is 1.68 bits per heavy atom. The molecule has 0 spiro atoms. The van der Waals surface area contributed by atoms with Gasteiger partial charge in [0.15, 0.2) is 0 Å². The van der Waals surface area contributed by atoms with Crippen LogP contribution in [0.4, 0.5) is 0 Å². The zero-order chi connectivity index (χ0) is 24.3. The molecule has 4 rings (SSSR count). The van der Waals surface area contributed by atoms with Crippen LogP contribution < -0.4 is 4.74 Å². The summed E-state index contributed by atoms with van der Waals surface area (Å²) in [6.07, 6.45) is -0.809. The maximum Gasteiger partial charge on any atom is 0.132 e. The fourth-order valence-corrected chi connectivity index (χ4v) is 5.14. The number of hydrogen-bond acceptors (Lipinski definition) is 7. The lowest BCUT2D eigenvalue weighted by Crippen LogP contribution is -2.55. The summed E-state index contributed by atoms with van der Waals surface area (Å²) >= 11 is 0. The lowest BCUT2D eigenvalue weighted by molar-refractivity contribution is -0.231. The minimum absolute atomic E-state index is 0.230. The molecule has 7 nitrogen and oxygen atoms in total. The van der Waals surface area contributed by atoms with Crippen molar-refractivity contribution in [3.8, 4) is 5.75 Å². The SMILES string of the molecule is COCC1(Oc2ccc(Cc3cc([C@@H]4O[C@H](CO)[C@@H](O)C(O)[C@H]4O)ccc3C)cc2)CCCC1. The van der Waals surface area contributed by atoms with Gasteiger partial charge in [-0.3, -0.25) is 0 Å². The van der Waals surface area contributed by atoms with Gasteiger partial charge in [-0.25, -0.2) is 0 Å². The molecule has 0 aromatic heterocycles. The molecule has 2 aliphatic rings. The molecule has 34 heavy (non-hydrogen) atoms. The second-order valence-electron chi connectivity index (χ2n) is 9.68. The van der Waals surface area contributed by atoms with Gasteiger partial charge in [0.05, 0.1) is 13.2 Å². The van der Waals surface area contributed by atoms with E-state index in [4.69, 9.17) is 14.2 Å². The topological polar surface area (TPSA) is 109 Å². The van der Waals surface area contributed by atoms with Gasteiger partial charge in [0.2, 0.25) is 0 Å². The van der Waals surface area contributed by atoms with Crippen LogP contribution in [0.2, 0.25) is 0 Å². The van der Waals surface area contributed by atoms with E-state index in [1.54, 1.807) is 7.11 Å². The lowest BCUT2D eigenvalue weighted by Gasteiger charge is -2.40. The maximum absolute atomic E-state index is 10.5. The summed E-state index contributed by atoms with van der Waals surface area (Å²) in [6.45, 7) is 2.18. The summed E-state index contributed by atoms with van der Waals surface area (Å²) in [5.74, 6) is 0.842. The molecule has 2 aromatic rings. The lowest BCUT2D eigenvalue weighted by atomic mass is 9.89. The van der Waals surface area contributed by atoms with Crippen molar-refractivity contribution in [2.75, 3.05) is 20.3 Å². The van der Waals surface area contributed by atoms with Crippen LogP contribution in [-0.2, 0) is 15.9 Å². The van der Waals surface area contributed by atoms with E-state index in [1.165, 1.54) is 0 Å². The first kappa shape index (κ1) is 25.1. The third kappa shape index (κ3) is 5.30. The van der Waals surface area contributed by atoms with Gasteiger partial charge >= 0.3 is 0 Å². The Morgan fingerprint density at radius 3 is 2.32 bits per heavy atom. The number of rotatable bonds is 8. The summed E-state index contributed by atoms with van der Waals surface area (Å²) < 4.78 is 17.5. The zero-order valence-electron chi connectivity index (χ0n) is 19.9. The van der Waals surface area contributed by atoms with E-state index in [0.717, 1.165) is 48.1 Å². The van der Waals surface area contributed by atoms with E-state index in [2.05, 4.69) is 12.1 Å². The van der Waals surface area contributed by atoms with Crippen molar-refractivity contribution >= 4 is 0 Å². The molecule has 1 aliphatic carbocycles. The number of aryl methyl sites for hydroxylation is 1. The van der Waals surface area contributed by atoms with Gasteiger partial charge in [-0.2, -0.15) is 0 Å². The fourth-order valence-electron chi connectivity index (χ4n) is 5.14. The first-order chi connectivity index (χ1) is 16.4. The molecular weight excluding hydrogens is 436 g/mol. The Balaban J connectivity index is 1.48. The van der Waals surface area contributed by atoms with Crippen molar-refractivity contribution in [3.05, 3.63) is 64.7 Å². The number of aliphatic hydroxyl groups excluding tert-OH is 4. The van der Waals surface area contributed by atoms with E-state index in [-0.39, 0.29) is 5.60 Å². The van der Waals surface area contributed by atoms with Crippen LogP contribution in [0.15, 0.2) is 42.5 Å². The van der Waals surface area contributed by atoms with Crippen LogP contribution in [0.1, 0.15) is 54.0 Å². The third-order valence-electron chi connectivity index (χ3n) is 7.17. The molecule has 2 fully saturated rings. The molecule has 0 radical (unpaired) electrons. The molecule has 4 N–H and O–H groups in total. The molecular formula is C27H36O7. The van der Waals surface area contributed by atoms with E-state index >= 15 is 0 Å². The molecule has 7 heteroatoms. The van der Waals surface area contributed by atoms with Gasteiger partial charge in [-0.1, -0.05) is 30.3 Å². The standard InChI is InChI=1S/C27H36O7/c1-17-5-8-19(26-25(31)24(30)23(29)22(15-28)33-26)14-20(17)13-18-6-9-21(10-7-18)34-27(16-32-2)11-3-4-12-27/h5-10,14,22-26,28-31H,3-4,11-13,15-16H2,1-2H3/t22-,23-,24?,25-,26+/m1/s1. The Labute approximate surface area is 200 Å². The van der Waals surface area contributed by atoms with Crippen molar-refractivity contribution in [1.82, 2.24) is 0 Å². The third-order valence-corrected chi connectivity index (χ3v) is 7.17. The molecule has 1 saturated carbocycles. The second kappa shape index (κ2) is 10.7. The van der Waals surface area contributed by atoms with Gasteiger partial charge in [-0.15, -0.1) is 0 Å². The van der Waals surface area contributed by atoms with E-state index in [9.17, 15) is 20.4 Å². The minimum Gasteiger partial charge on any atom is -0.485 e. The fraction of sp³-hybridized carbons (Fsp3) is 0.556. The molecule has 1 aliphatic heterocycles. The van der Waals surface area contributed by atoms with Crippen LogP contribution in [0.25, 0.3) is 0 Å². The summed E-state index contributed by atoms with van der Waals surface area (Å²) in [4.78, 5) is 0. The molecule has 186 valence electrons. The number of benzene rings is 2. The summed E-state index contributed by atoms with van der Waals surface area (Å²) in [5, 5.41) is 40.2. The molecule has 2 aromatic carbocycles. The molecule has 1 saturated heterocycles. The monoisotopic (exact) mass is 472 g/mol. The smallest absolute Gasteiger partial charge is 0.132 e. The van der Waals surface area contributed by atoms with Crippen LogP contribution >= 0.6 is 0 Å². The summed E-state index contributed by atoms with van der Waals surface area (Å²) in [5.41, 5.74) is 3.74. The van der Waals surface area contributed by atoms with Gasteiger partial charge in [-0.05, 0) is 73.4 Å². The van der Waals surface area contributed by atoms with Gasteiger partial charge < -0.3 is 34.6 Å². The van der Waals surface area contributed by atoms with Crippen LogP contribution in [-0.4, -0.2) is 70.8 Å². The van der Waals surface area contributed by atoms with Gasteiger partial charge in [0, 0.05) is 7.11 Å². The van der Waals surface area contributed by atoms with E-state index < -0.39 is 37.1 Å². The first-order valence-corrected chi connectivity index (χ1v) is 12.0. The Bertz CT molecular complexity index is 936. The van der Waals surface area contributed by atoms with Gasteiger partial charge in [0.1, 0.15) is 41.9 Å². The Kier molecular flexibility index (Phi) is 7.92. The number of hydrogen-bond donors (Lipinski definition) is 4. The highest BCUT2D eigenvalue weighted by atomic mass is 16.5. The van der Waals surface area contributed by atoms with E-state index in [1.807, 2.05) is 37.3 Å². The van der Waals surface area contributed by atoms with Crippen LogP contribution in [0.3, 0.4) is 0 Å². The molecule has 0 amide bonds. The first-order valence-electron chi connectivity index (χ1n) is 12.0. The number of methoxy groups -OCH3 is 1. The highest BCUT2D eigenvalue weighted by Gasteiger charge is 2.44. The second-order valence-corrected chi connectivity index (χ2v) is 9.68. The van der Waals surface area contributed by atoms with Crippen LogP contribution in [0.5, 0.6) is 5.75 Å². The van der Waals surface area contributed by atoms with Crippen molar-refractivity contribution in [3.63, 3.8) is 0 Å². The normalized spacial score (nSPS) is 28.7. The summed E-state index contributed by atoms with van der Waals surface area (Å²) in [7, 11) is 1.72. The molecule has 1 unspecified atom stereocenters. The molecule has 5 atom stereocenters. The maximum atomic E-state index is 10.5. The predicted octanol–water partition coefficient (Wildman–Crippen LogP) is 2.44. The van der Waals surface area contributed by atoms with Crippen molar-refractivity contribution in [1.29, 1.82) is 0 Å². The predicted molar refractivity (Wildman–Crippen MR) is 127 cm³/mol. The molecule has 0 bridgehead atoms. The highest BCUT2D eigenvalue weighted by molar-refractivity contribution is 5.38. The van der Waals surface area contributed by atoms with Crippen molar-refractivity contribution in [2.45, 2.75) is 75.1 Å². The number of ether oxygens (including phenoxy) is 3. The average Bonchev–Trinajstić information content (AvgIpc) is 3.29. The zero-order valence-corrected chi connectivity index (χ0v) is 19.9. The highest BCUT2D eigenvalue weighted by Crippen LogP contribution is 2.36. The quantitative estimate of drug-likeness (QED) is 0.467. The van der Waals surface area contributed by atoms with Crippen molar-refractivity contribution < 1.29 is 34.6 Å². The van der Waals surface area contributed by atoms with Crippen LogP contribution in [0, 0.1) is 6.92 Å². The van der Waals surface area contributed by atoms with E-state index in [0.29, 0.717) is 18.6 Å². The summed E-state index contributed by atoms with van der Waals surface area (Å²) in [6, 6.07) is 13.9. The largest absolute Gasteiger partial charge is 0.485 e. The average molecular weight is 473 g/mol. The Morgan fingerprint density at radius 1 is 0.971 bits per heavy atom. The van der Waals surface area contributed by atoms with Gasteiger partial charge in [0.25, 0.3) is 0 Å². The minimum atomic E-state index is -1.39. The van der Waals surface area contributed by atoms with Crippen molar-refractivity contribution in [2.24, 2.45) is 0 Å². The number of aliphatic hydroxyl groups is 4.